The Morgan fingerprint density at radius 2 is 2.27 bits per heavy atom. The highest BCUT2D eigenvalue weighted by Crippen LogP contribution is 2.35. The Hall–Kier alpha value is -2.16. The molecule has 0 spiro atoms. The standard InChI is InChI=1S/C25H29FN2O3S2/c1-31-18-3-5-24-21(14-18)20(6-9-27-24)23(26)4-2-17-7-10-28(15-22(17)25(29)30)11-13-33-19-8-12-32-16-19/h3,5-6,8-9,12,14,16-17,22-23H,2,4,7,10-11,13,15H2,1H3,(H,29,30)/t17-,22+,23?/m1/s1. The molecular formula is C25H29FN2O3S2. The van der Waals surface area contributed by atoms with Gasteiger partial charge >= 0.3 is 5.97 Å². The fraction of sp³-hybridized carbons (Fsp3) is 0.440. The average molecular weight is 489 g/mol. The number of methoxy groups -OCH3 is 1. The number of carbonyl (C=O) groups is 1. The second-order valence-corrected chi connectivity index (χ2v) is 10.4. The number of likely N-dealkylation sites (tertiary alicyclic amines) is 1. The van der Waals surface area contributed by atoms with E-state index in [0.717, 1.165) is 36.2 Å². The molecule has 33 heavy (non-hydrogen) atoms. The van der Waals surface area contributed by atoms with Gasteiger partial charge in [0.05, 0.1) is 18.5 Å². The largest absolute Gasteiger partial charge is 0.497 e. The van der Waals surface area contributed by atoms with Crippen LogP contribution in [0.15, 0.2) is 52.2 Å². The van der Waals surface area contributed by atoms with Crippen molar-refractivity contribution in [1.29, 1.82) is 0 Å². The summed E-state index contributed by atoms with van der Waals surface area (Å²) >= 11 is 3.49. The van der Waals surface area contributed by atoms with Crippen molar-refractivity contribution in [1.82, 2.24) is 9.88 Å². The summed E-state index contributed by atoms with van der Waals surface area (Å²) in [7, 11) is 1.59. The number of aromatic nitrogens is 1. The number of hydrogen-bond donors (Lipinski definition) is 1. The second kappa shape index (κ2) is 11.3. The van der Waals surface area contributed by atoms with E-state index in [2.05, 4.69) is 26.7 Å². The number of pyridine rings is 1. The molecule has 4 rings (SSSR count). The Morgan fingerprint density at radius 3 is 3.03 bits per heavy atom. The van der Waals surface area contributed by atoms with Crippen LogP contribution in [0, 0.1) is 11.8 Å². The zero-order chi connectivity index (χ0) is 23.2. The summed E-state index contributed by atoms with van der Waals surface area (Å²) in [6.45, 7) is 2.27. The predicted molar refractivity (Wildman–Crippen MR) is 132 cm³/mol. The van der Waals surface area contributed by atoms with Crippen LogP contribution in [0.5, 0.6) is 5.75 Å². The first kappa shape index (κ1) is 24.0. The van der Waals surface area contributed by atoms with Crippen LogP contribution in [0.2, 0.25) is 0 Å². The third kappa shape index (κ3) is 6.05. The van der Waals surface area contributed by atoms with Crippen molar-refractivity contribution in [2.24, 2.45) is 11.8 Å². The first-order valence-electron chi connectivity index (χ1n) is 11.2. The van der Waals surface area contributed by atoms with Crippen LogP contribution in [0.25, 0.3) is 10.9 Å². The molecule has 1 aromatic carbocycles. The molecule has 1 fully saturated rings. The molecule has 3 aromatic rings. The number of hydrogen-bond acceptors (Lipinski definition) is 6. The molecular weight excluding hydrogens is 459 g/mol. The second-order valence-electron chi connectivity index (χ2n) is 8.43. The number of fused-ring (bicyclic) bond motifs is 1. The normalized spacial score (nSPS) is 20.1. The number of benzene rings is 1. The number of rotatable bonds is 10. The van der Waals surface area contributed by atoms with E-state index in [-0.39, 0.29) is 5.92 Å². The van der Waals surface area contributed by atoms with Gasteiger partial charge in [-0.1, -0.05) is 0 Å². The van der Waals surface area contributed by atoms with Gasteiger partial charge in [0.25, 0.3) is 0 Å². The van der Waals surface area contributed by atoms with E-state index >= 15 is 4.39 Å². The fourth-order valence-corrected chi connectivity index (χ4v) is 6.38. The molecule has 1 saturated heterocycles. The highest BCUT2D eigenvalue weighted by atomic mass is 32.2. The van der Waals surface area contributed by atoms with Crippen molar-refractivity contribution >= 4 is 40.0 Å². The van der Waals surface area contributed by atoms with E-state index in [4.69, 9.17) is 4.74 Å². The van der Waals surface area contributed by atoms with Gasteiger partial charge in [0, 0.05) is 40.7 Å². The van der Waals surface area contributed by atoms with E-state index in [9.17, 15) is 9.90 Å². The van der Waals surface area contributed by atoms with Gasteiger partial charge in [0.15, 0.2) is 0 Å². The number of nitrogens with zero attached hydrogens (tertiary/aromatic N) is 2. The zero-order valence-corrected chi connectivity index (χ0v) is 20.3. The molecule has 0 bridgehead atoms. The van der Waals surface area contributed by atoms with E-state index in [1.54, 1.807) is 42.5 Å². The van der Waals surface area contributed by atoms with Gasteiger partial charge in [0.2, 0.25) is 0 Å². The van der Waals surface area contributed by atoms with Gasteiger partial charge < -0.3 is 14.7 Å². The molecule has 8 heteroatoms. The predicted octanol–water partition coefficient (Wildman–Crippen LogP) is 5.91. The molecule has 3 heterocycles. The summed E-state index contributed by atoms with van der Waals surface area (Å²) in [6.07, 6.45) is 2.11. The molecule has 5 nitrogen and oxygen atoms in total. The number of carboxylic acids is 1. The fourth-order valence-electron chi connectivity index (χ4n) is 4.59. The average Bonchev–Trinajstić information content (AvgIpc) is 3.35. The van der Waals surface area contributed by atoms with Crippen molar-refractivity contribution in [2.45, 2.75) is 30.3 Å². The molecule has 1 aliphatic rings. The van der Waals surface area contributed by atoms with Crippen molar-refractivity contribution in [3.05, 3.63) is 52.9 Å². The lowest BCUT2D eigenvalue weighted by atomic mass is 9.81. The molecule has 0 saturated carbocycles. The summed E-state index contributed by atoms with van der Waals surface area (Å²) in [5.74, 6) is 0.374. The number of thioether (sulfide) groups is 1. The van der Waals surface area contributed by atoms with Crippen molar-refractivity contribution in [3.63, 3.8) is 0 Å². The van der Waals surface area contributed by atoms with Gasteiger partial charge in [-0.2, -0.15) is 11.3 Å². The minimum atomic E-state index is -1.17. The lowest BCUT2D eigenvalue weighted by Crippen LogP contribution is -2.44. The molecule has 3 atom stereocenters. The van der Waals surface area contributed by atoms with Gasteiger partial charge in [-0.15, -0.1) is 11.8 Å². The van der Waals surface area contributed by atoms with Crippen LogP contribution < -0.4 is 4.74 Å². The van der Waals surface area contributed by atoms with Crippen LogP contribution in [-0.4, -0.2) is 53.5 Å². The summed E-state index contributed by atoms with van der Waals surface area (Å²) in [5, 5.41) is 14.8. The van der Waals surface area contributed by atoms with Crippen molar-refractivity contribution in [3.8, 4) is 5.75 Å². The number of alkyl halides is 1. The molecule has 0 radical (unpaired) electrons. The Labute approximate surface area is 202 Å². The topological polar surface area (TPSA) is 62.7 Å². The molecule has 176 valence electrons. The minimum Gasteiger partial charge on any atom is -0.497 e. The Bertz CT molecular complexity index is 1060. The lowest BCUT2D eigenvalue weighted by molar-refractivity contribution is -0.146. The quantitative estimate of drug-likeness (QED) is 0.358. The SMILES string of the molecule is COc1ccc2nccc(C(F)CC[C@@H]3CCN(CCSc4ccsc4)C[C@@H]3C(=O)O)c2c1. The molecule has 1 aliphatic heterocycles. The van der Waals surface area contributed by atoms with Gasteiger partial charge in [-0.05, 0) is 73.0 Å². The lowest BCUT2D eigenvalue weighted by Gasteiger charge is -2.36. The summed E-state index contributed by atoms with van der Waals surface area (Å²) in [4.78, 5) is 19.8. The number of piperidine rings is 1. The number of carboxylic acid groups (broad SMARTS) is 1. The summed E-state index contributed by atoms with van der Waals surface area (Å²) in [5.41, 5.74) is 1.32. The van der Waals surface area contributed by atoms with Crippen LogP contribution in [-0.2, 0) is 4.79 Å². The van der Waals surface area contributed by atoms with Crippen molar-refractivity contribution in [2.75, 3.05) is 32.5 Å². The van der Waals surface area contributed by atoms with Crippen LogP contribution >= 0.6 is 23.1 Å². The molecule has 2 aromatic heterocycles. The van der Waals surface area contributed by atoms with Crippen LogP contribution in [0.1, 0.15) is 31.0 Å². The Kier molecular flexibility index (Phi) is 8.22. The van der Waals surface area contributed by atoms with E-state index in [1.807, 2.05) is 18.2 Å². The van der Waals surface area contributed by atoms with E-state index in [1.165, 1.54) is 4.90 Å². The number of thiophene rings is 1. The third-order valence-electron chi connectivity index (χ3n) is 6.44. The smallest absolute Gasteiger partial charge is 0.308 e. The van der Waals surface area contributed by atoms with Gasteiger partial charge in [0.1, 0.15) is 11.9 Å². The maximum absolute atomic E-state index is 15.3. The van der Waals surface area contributed by atoms with E-state index < -0.39 is 18.1 Å². The number of aliphatic carboxylic acids is 1. The molecule has 0 aliphatic carbocycles. The van der Waals surface area contributed by atoms with Crippen LogP contribution in [0.3, 0.4) is 0 Å². The molecule has 1 unspecified atom stereocenters. The highest BCUT2D eigenvalue weighted by Gasteiger charge is 2.34. The number of ether oxygens (including phenoxy) is 1. The van der Waals surface area contributed by atoms with Gasteiger partial charge in [-0.25, -0.2) is 4.39 Å². The van der Waals surface area contributed by atoms with E-state index in [0.29, 0.717) is 30.7 Å². The Morgan fingerprint density at radius 1 is 1.39 bits per heavy atom. The maximum Gasteiger partial charge on any atom is 0.308 e. The van der Waals surface area contributed by atoms with Crippen molar-refractivity contribution < 1.29 is 19.0 Å². The summed E-state index contributed by atoms with van der Waals surface area (Å²) in [6, 6.07) is 9.29. The van der Waals surface area contributed by atoms with Gasteiger partial charge in [-0.3, -0.25) is 9.78 Å². The Balaban J connectivity index is 1.34. The first-order valence-corrected chi connectivity index (χ1v) is 13.1. The number of halogens is 1. The monoisotopic (exact) mass is 488 g/mol. The van der Waals surface area contributed by atoms with Crippen LogP contribution in [0.4, 0.5) is 4.39 Å². The summed E-state index contributed by atoms with van der Waals surface area (Å²) < 4.78 is 20.6. The maximum atomic E-state index is 15.3. The minimum absolute atomic E-state index is 0.0100. The molecule has 1 N–H and O–H groups in total. The zero-order valence-electron chi connectivity index (χ0n) is 18.7. The first-order chi connectivity index (χ1) is 16.0. The highest BCUT2D eigenvalue weighted by molar-refractivity contribution is 7.99. The molecule has 0 amide bonds. The third-order valence-corrected chi connectivity index (χ3v) is 8.25.